The average molecular weight is 340 g/mol. The Balaban J connectivity index is 1.85. The third-order valence-electron chi connectivity index (χ3n) is 4.71. The van der Waals surface area contributed by atoms with Crippen LogP contribution >= 0.6 is 0 Å². The highest BCUT2D eigenvalue weighted by Gasteiger charge is 2.27. The summed E-state index contributed by atoms with van der Waals surface area (Å²) in [5.74, 6) is 0. The van der Waals surface area contributed by atoms with E-state index in [1.165, 1.54) is 16.8 Å². The molecule has 134 valence electrons. The van der Waals surface area contributed by atoms with E-state index in [4.69, 9.17) is 0 Å². The Morgan fingerprint density at radius 1 is 1.24 bits per heavy atom. The number of aromatic nitrogens is 2. The molecule has 3 rings (SSSR count). The molecule has 1 aromatic carbocycles. The van der Waals surface area contributed by atoms with Crippen molar-refractivity contribution in [2.75, 3.05) is 0 Å². The van der Waals surface area contributed by atoms with Crippen molar-refractivity contribution in [1.82, 2.24) is 20.4 Å². The second kappa shape index (κ2) is 6.54. The highest BCUT2D eigenvalue weighted by atomic mass is 16.2. The van der Waals surface area contributed by atoms with Gasteiger partial charge < -0.3 is 10.6 Å². The van der Waals surface area contributed by atoms with Gasteiger partial charge >= 0.3 is 6.03 Å². The summed E-state index contributed by atoms with van der Waals surface area (Å²) in [6.45, 7) is 10.2. The molecule has 0 spiro atoms. The SMILES string of the molecule is Cc1ccc(-n2ncc3c2CCC[C@H]3NC(=O)NC(C)(C)C)cc1C. The number of amides is 2. The Kier molecular flexibility index (Phi) is 4.58. The fourth-order valence-electron chi connectivity index (χ4n) is 3.32. The quantitative estimate of drug-likeness (QED) is 0.869. The molecule has 0 fully saturated rings. The molecule has 0 radical (unpaired) electrons. The second-order valence-electron chi connectivity index (χ2n) is 8.02. The van der Waals surface area contributed by atoms with Gasteiger partial charge in [-0.15, -0.1) is 0 Å². The molecule has 5 nitrogen and oxygen atoms in total. The van der Waals surface area contributed by atoms with E-state index < -0.39 is 0 Å². The number of hydrogen-bond donors (Lipinski definition) is 2. The van der Waals surface area contributed by atoms with Crippen molar-refractivity contribution in [2.24, 2.45) is 0 Å². The Morgan fingerprint density at radius 3 is 2.68 bits per heavy atom. The van der Waals surface area contributed by atoms with Gasteiger partial charge in [-0.05, 0) is 77.1 Å². The van der Waals surface area contributed by atoms with Crippen LogP contribution in [-0.4, -0.2) is 21.4 Å². The number of rotatable bonds is 2. The number of nitrogens with one attached hydrogen (secondary N) is 2. The van der Waals surface area contributed by atoms with Crippen LogP contribution in [0.25, 0.3) is 5.69 Å². The van der Waals surface area contributed by atoms with E-state index in [2.05, 4.69) is 47.8 Å². The minimum absolute atomic E-state index is 0.0198. The van der Waals surface area contributed by atoms with Crippen LogP contribution in [0.5, 0.6) is 0 Å². The lowest BCUT2D eigenvalue weighted by Gasteiger charge is -2.27. The molecule has 1 atom stereocenters. The number of urea groups is 1. The number of carbonyl (C=O) groups is 1. The van der Waals surface area contributed by atoms with Crippen LogP contribution in [0.1, 0.15) is 62.0 Å². The monoisotopic (exact) mass is 340 g/mol. The summed E-state index contributed by atoms with van der Waals surface area (Å²) in [5, 5.41) is 10.7. The number of hydrogen-bond acceptors (Lipinski definition) is 2. The van der Waals surface area contributed by atoms with Gasteiger partial charge in [0.2, 0.25) is 0 Å². The fourth-order valence-corrected chi connectivity index (χ4v) is 3.32. The Morgan fingerprint density at radius 2 is 2.00 bits per heavy atom. The zero-order valence-corrected chi connectivity index (χ0v) is 15.8. The first-order valence-corrected chi connectivity index (χ1v) is 8.98. The standard InChI is InChI=1S/C20H28N4O/c1-13-9-10-15(11-14(13)2)24-18-8-6-7-17(16(18)12-21-24)22-19(25)23-20(3,4)5/h9-12,17H,6-8H2,1-5H3,(H2,22,23,25)/t17-/m1/s1. The van der Waals surface area contributed by atoms with Gasteiger partial charge in [0.05, 0.1) is 17.9 Å². The molecule has 0 aliphatic heterocycles. The average Bonchev–Trinajstić information content (AvgIpc) is 2.93. The van der Waals surface area contributed by atoms with Gasteiger partial charge in [0.25, 0.3) is 0 Å². The fraction of sp³-hybridized carbons (Fsp3) is 0.500. The van der Waals surface area contributed by atoms with E-state index in [1.54, 1.807) is 0 Å². The zero-order chi connectivity index (χ0) is 18.2. The van der Waals surface area contributed by atoms with Crippen molar-refractivity contribution in [3.63, 3.8) is 0 Å². The highest BCUT2D eigenvalue weighted by molar-refractivity contribution is 5.75. The molecule has 2 N–H and O–H groups in total. The van der Waals surface area contributed by atoms with Gasteiger partial charge in [-0.1, -0.05) is 6.07 Å². The number of fused-ring (bicyclic) bond motifs is 1. The molecule has 0 bridgehead atoms. The van der Waals surface area contributed by atoms with E-state index in [0.29, 0.717) is 0 Å². The highest BCUT2D eigenvalue weighted by Crippen LogP contribution is 2.31. The molecular formula is C20H28N4O. The summed E-state index contributed by atoms with van der Waals surface area (Å²) < 4.78 is 2.03. The van der Waals surface area contributed by atoms with E-state index in [0.717, 1.165) is 30.5 Å². The lowest BCUT2D eigenvalue weighted by atomic mass is 9.93. The summed E-state index contributed by atoms with van der Waals surface area (Å²) >= 11 is 0. The first-order chi connectivity index (χ1) is 11.7. The Bertz CT molecular complexity index is 785. The molecule has 1 heterocycles. The normalized spacial score (nSPS) is 17.1. The van der Waals surface area contributed by atoms with Crippen molar-refractivity contribution < 1.29 is 4.79 Å². The van der Waals surface area contributed by atoms with E-state index in [1.807, 2.05) is 31.6 Å². The van der Waals surface area contributed by atoms with Crippen LogP contribution in [0.15, 0.2) is 24.4 Å². The smallest absolute Gasteiger partial charge is 0.315 e. The van der Waals surface area contributed by atoms with Crippen LogP contribution < -0.4 is 10.6 Å². The molecule has 25 heavy (non-hydrogen) atoms. The van der Waals surface area contributed by atoms with E-state index in [9.17, 15) is 4.79 Å². The maximum atomic E-state index is 12.2. The molecule has 1 aliphatic rings. The number of carbonyl (C=O) groups excluding carboxylic acids is 1. The van der Waals surface area contributed by atoms with Crippen molar-refractivity contribution in [1.29, 1.82) is 0 Å². The molecule has 0 saturated heterocycles. The van der Waals surface area contributed by atoms with Crippen LogP contribution in [0, 0.1) is 13.8 Å². The third kappa shape index (κ3) is 3.86. The predicted octanol–water partition coefficient (Wildman–Crippen LogP) is 3.96. The van der Waals surface area contributed by atoms with Crippen molar-refractivity contribution in [2.45, 2.75) is 65.5 Å². The molecule has 5 heteroatoms. The summed E-state index contributed by atoms with van der Waals surface area (Å²) in [7, 11) is 0. The molecule has 2 amide bonds. The van der Waals surface area contributed by atoms with Crippen LogP contribution in [0.4, 0.5) is 4.79 Å². The van der Waals surface area contributed by atoms with Gasteiger partial charge in [-0.3, -0.25) is 0 Å². The summed E-state index contributed by atoms with van der Waals surface area (Å²) in [6, 6.07) is 6.31. The van der Waals surface area contributed by atoms with Gasteiger partial charge in [0.1, 0.15) is 0 Å². The van der Waals surface area contributed by atoms with E-state index in [-0.39, 0.29) is 17.6 Å². The zero-order valence-electron chi connectivity index (χ0n) is 15.8. The Labute approximate surface area is 149 Å². The lowest BCUT2D eigenvalue weighted by Crippen LogP contribution is -2.47. The summed E-state index contributed by atoms with van der Waals surface area (Å²) in [4.78, 5) is 12.2. The minimum atomic E-state index is -0.245. The molecule has 0 saturated carbocycles. The topological polar surface area (TPSA) is 59.0 Å². The first-order valence-electron chi connectivity index (χ1n) is 8.98. The molecule has 2 aromatic rings. The largest absolute Gasteiger partial charge is 0.334 e. The Hall–Kier alpha value is -2.30. The van der Waals surface area contributed by atoms with Crippen LogP contribution in [0.2, 0.25) is 0 Å². The van der Waals surface area contributed by atoms with Gasteiger partial charge in [0, 0.05) is 16.8 Å². The predicted molar refractivity (Wildman–Crippen MR) is 100 cm³/mol. The number of aryl methyl sites for hydroxylation is 2. The van der Waals surface area contributed by atoms with E-state index >= 15 is 0 Å². The van der Waals surface area contributed by atoms with Crippen LogP contribution in [-0.2, 0) is 6.42 Å². The first kappa shape index (κ1) is 17.5. The van der Waals surface area contributed by atoms with Gasteiger partial charge in [-0.2, -0.15) is 5.10 Å². The lowest BCUT2D eigenvalue weighted by molar-refractivity contribution is 0.226. The molecule has 1 aliphatic carbocycles. The van der Waals surface area contributed by atoms with Crippen molar-refractivity contribution in [3.05, 3.63) is 46.8 Å². The maximum absolute atomic E-state index is 12.2. The third-order valence-corrected chi connectivity index (χ3v) is 4.71. The van der Waals surface area contributed by atoms with Crippen molar-refractivity contribution >= 4 is 6.03 Å². The van der Waals surface area contributed by atoms with Gasteiger partial charge in [0.15, 0.2) is 0 Å². The number of benzene rings is 1. The summed E-state index contributed by atoms with van der Waals surface area (Å²) in [5.41, 5.74) is 5.72. The summed E-state index contributed by atoms with van der Waals surface area (Å²) in [6.07, 6.45) is 4.89. The van der Waals surface area contributed by atoms with Crippen molar-refractivity contribution in [3.8, 4) is 5.69 Å². The van der Waals surface area contributed by atoms with Gasteiger partial charge in [-0.25, -0.2) is 9.48 Å². The van der Waals surface area contributed by atoms with Crippen LogP contribution in [0.3, 0.4) is 0 Å². The second-order valence-corrected chi connectivity index (χ2v) is 8.02. The molecular weight excluding hydrogens is 312 g/mol. The molecule has 0 unspecified atom stereocenters. The number of nitrogens with zero attached hydrogens (tertiary/aromatic N) is 2. The minimum Gasteiger partial charge on any atom is -0.334 e. The maximum Gasteiger partial charge on any atom is 0.315 e. The molecule has 1 aromatic heterocycles.